The van der Waals surface area contributed by atoms with E-state index in [1.165, 1.54) is 17.2 Å². The fraction of sp³-hybridized carbons (Fsp3) is 0.458. The molecule has 2 unspecified atom stereocenters. The quantitative estimate of drug-likeness (QED) is 0.801. The minimum atomic E-state index is -0.182. The van der Waals surface area contributed by atoms with Gasteiger partial charge in [-0.25, -0.2) is 4.39 Å². The maximum atomic E-state index is 14.1. The Morgan fingerprint density at radius 1 is 1.00 bits per heavy atom. The largest absolute Gasteiger partial charge is 0.338 e. The van der Waals surface area contributed by atoms with Crippen molar-refractivity contribution in [3.05, 3.63) is 71.0 Å². The topological polar surface area (TPSA) is 26.8 Å². The van der Waals surface area contributed by atoms with Crippen LogP contribution in [0.25, 0.3) is 0 Å². The molecule has 0 radical (unpaired) electrons. The number of rotatable bonds is 3. The molecule has 4 nitrogen and oxygen atoms in total. The zero-order valence-corrected chi connectivity index (χ0v) is 16.8. The molecule has 0 bridgehead atoms. The Morgan fingerprint density at radius 3 is 2.72 bits per heavy atom. The van der Waals surface area contributed by atoms with E-state index in [-0.39, 0.29) is 17.8 Å². The average Bonchev–Trinajstić information content (AvgIpc) is 3.22. The predicted molar refractivity (Wildman–Crippen MR) is 111 cm³/mol. The van der Waals surface area contributed by atoms with Crippen molar-refractivity contribution in [1.29, 1.82) is 0 Å². The van der Waals surface area contributed by atoms with E-state index in [0.717, 1.165) is 52.0 Å². The lowest BCUT2D eigenvalue weighted by molar-refractivity contribution is -0.139. The monoisotopic (exact) mass is 393 g/mol. The first-order valence-corrected chi connectivity index (χ1v) is 10.8. The molecule has 0 spiro atoms. The number of hydrogen-bond donors (Lipinski definition) is 0. The molecule has 3 aliphatic rings. The molecule has 2 fully saturated rings. The van der Waals surface area contributed by atoms with Gasteiger partial charge < -0.3 is 4.90 Å². The van der Waals surface area contributed by atoms with Crippen LogP contribution in [-0.4, -0.2) is 59.4 Å². The number of carbonyl (C=O) groups excluding carboxylic acids is 1. The number of likely N-dealkylation sites (tertiary alicyclic amines) is 1. The summed E-state index contributed by atoms with van der Waals surface area (Å²) in [6.45, 7) is 4.94. The number of halogens is 1. The van der Waals surface area contributed by atoms with E-state index in [4.69, 9.17) is 0 Å². The van der Waals surface area contributed by atoms with Crippen LogP contribution in [0.1, 0.15) is 35.6 Å². The molecule has 2 atom stereocenters. The van der Waals surface area contributed by atoms with Crippen molar-refractivity contribution in [2.75, 3.05) is 32.7 Å². The molecule has 29 heavy (non-hydrogen) atoms. The molecule has 5 rings (SSSR count). The number of amides is 1. The maximum Gasteiger partial charge on any atom is 0.240 e. The van der Waals surface area contributed by atoms with E-state index in [9.17, 15) is 9.18 Å². The zero-order valence-electron chi connectivity index (χ0n) is 16.8. The standard InChI is InChI=1S/C24H28FN3O/c25-21-9-4-2-7-19(21)16-27-12-5-10-22(27)24(29)28-15-14-26-13-11-18-6-1-3-8-20(18)23(26)17-28/h1-4,6-9,22-23H,5,10-17H2. The van der Waals surface area contributed by atoms with E-state index in [1.54, 1.807) is 6.07 Å². The molecule has 1 amide bonds. The molecule has 0 saturated carbocycles. The Labute approximate surface area is 171 Å². The van der Waals surface area contributed by atoms with Gasteiger partial charge in [0, 0.05) is 38.3 Å². The number of fused-ring (bicyclic) bond motifs is 3. The van der Waals surface area contributed by atoms with Crippen molar-refractivity contribution < 1.29 is 9.18 Å². The summed E-state index contributed by atoms with van der Waals surface area (Å²) >= 11 is 0. The summed E-state index contributed by atoms with van der Waals surface area (Å²) in [4.78, 5) is 20.2. The highest BCUT2D eigenvalue weighted by Crippen LogP contribution is 2.33. The SMILES string of the molecule is O=C(C1CCCN1Cc1ccccc1F)N1CCN2CCc3ccccc3C2C1. The van der Waals surface area contributed by atoms with Gasteiger partial charge in [0.25, 0.3) is 0 Å². The molecule has 2 aromatic rings. The van der Waals surface area contributed by atoms with E-state index in [1.807, 2.05) is 12.1 Å². The van der Waals surface area contributed by atoms with Crippen LogP contribution in [0.3, 0.4) is 0 Å². The highest BCUT2D eigenvalue weighted by molar-refractivity contribution is 5.82. The van der Waals surface area contributed by atoms with Gasteiger partial charge in [-0.15, -0.1) is 0 Å². The summed E-state index contributed by atoms with van der Waals surface area (Å²) in [5.74, 6) is 0.0413. The number of nitrogens with zero attached hydrogens (tertiary/aromatic N) is 3. The first-order valence-electron chi connectivity index (χ1n) is 10.8. The van der Waals surface area contributed by atoms with Crippen molar-refractivity contribution >= 4 is 5.91 Å². The highest BCUT2D eigenvalue weighted by Gasteiger charge is 2.39. The molecule has 152 valence electrons. The molecule has 0 aromatic heterocycles. The summed E-state index contributed by atoms with van der Waals surface area (Å²) in [5, 5.41) is 0. The molecule has 0 N–H and O–H groups in total. The lowest BCUT2D eigenvalue weighted by Gasteiger charge is -2.45. The first-order chi connectivity index (χ1) is 14.2. The molecular weight excluding hydrogens is 365 g/mol. The summed E-state index contributed by atoms with van der Waals surface area (Å²) in [6, 6.07) is 15.8. The fourth-order valence-electron chi connectivity index (χ4n) is 5.29. The summed E-state index contributed by atoms with van der Waals surface area (Å²) in [7, 11) is 0. The lowest BCUT2D eigenvalue weighted by Crippen LogP contribution is -2.55. The van der Waals surface area contributed by atoms with Crippen LogP contribution in [0.15, 0.2) is 48.5 Å². The van der Waals surface area contributed by atoms with Crippen molar-refractivity contribution in [1.82, 2.24) is 14.7 Å². The Bertz CT molecular complexity index is 901. The van der Waals surface area contributed by atoms with Gasteiger partial charge in [-0.3, -0.25) is 14.6 Å². The molecule has 2 saturated heterocycles. The van der Waals surface area contributed by atoms with Crippen LogP contribution in [0.5, 0.6) is 0 Å². The third-order valence-corrected chi connectivity index (χ3v) is 6.87. The molecule has 5 heteroatoms. The Hall–Kier alpha value is -2.24. The Balaban J connectivity index is 1.31. The van der Waals surface area contributed by atoms with Gasteiger partial charge in [0.15, 0.2) is 0 Å². The summed E-state index contributed by atoms with van der Waals surface area (Å²) in [6.07, 6.45) is 2.96. The normalized spacial score (nSPS) is 24.9. The van der Waals surface area contributed by atoms with Crippen LogP contribution in [-0.2, 0) is 17.8 Å². The van der Waals surface area contributed by atoms with E-state index in [2.05, 4.69) is 39.0 Å². The van der Waals surface area contributed by atoms with E-state index < -0.39 is 0 Å². The second kappa shape index (κ2) is 7.88. The second-order valence-corrected chi connectivity index (χ2v) is 8.50. The van der Waals surface area contributed by atoms with Gasteiger partial charge in [-0.1, -0.05) is 42.5 Å². The summed E-state index contributed by atoms with van der Waals surface area (Å²) < 4.78 is 14.1. The number of benzene rings is 2. The van der Waals surface area contributed by atoms with Crippen LogP contribution >= 0.6 is 0 Å². The maximum absolute atomic E-state index is 14.1. The van der Waals surface area contributed by atoms with Gasteiger partial charge in [-0.2, -0.15) is 0 Å². The predicted octanol–water partition coefficient (Wildman–Crippen LogP) is 3.23. The Morgan fingerprint density at radius 2 is 1.83 bits per heavy atom. The van der Waals surface area contributed by atoms with Crippen LogP contribution < -0.4 is 0 Å². The highest BCUT2D eigenvalue weighted by atomic mass is 19.1. The minimum absolute atomic E-state index is 0.125. The van der Waals surface area contributed by atoms with Gasteiger partial charge in [0.1, 0.15) is 5.82 Å². The molecule has 3 aliphatic heterocycles. The van der Waals surface area contributed by atoms with E-state index in [0.29, 0.717) is 18.2 Å². The van der Waals surface area contributed by atoms with Crippen molar-refractivity contribution in [2.24, 2.45) is 0 Å². The zero-order chi connectivity index (χ0) is 19.8. The van der Waals surface area contributed by atoms with Gasteiger partial charge in [0.2, 0.25) is 5.91 Å². The summed E-state index contributed by atoms with van der Waals surface area (Å²) in [5.41, 5.74) is 3.48. The third-order valence-electron chi connectivity index (χ3n) is 6.87. The molecule has 0 aliphatic carbocycles. The van der Waals surface area contributed by atoms with Gasteiger partial charge in [0.05, 0.1) is 12.1 Å². The molecular formula is C24H28FN3O. The third kappa shape index (κ3) is 3.58. The molecule has 2 aromatic carbocycles. The van der Waals surface area contributed by atoms with Crippen LogP contribution in [0.2, 0.25) is 0 Å². The lowest BCUT2D eigenvalue weighted by atomic mass is 9.91. The Kier molecular flexibility index (Phi) is 5.10. The van der Waals surface area contributed by atoms with Crippen molar-refractivity contribution in [3.8, 4) is 0 Å². The number of hydrogen-bond acceptors (Lipinski definition) is 3. The van der Waals surface area contributed by atoms with Crippen LogP contribution in [0, 0.1) is 5.82 Å². The molecule has 3 heterocycles. The average molecular weight is 394 g/mol. The van der Waals surface area contributed by atoms with E-state index >= 15 is 0 Å². The van der Waals surface area contributed by atoms with Gasteiger partial charge in [-0.05, 0) is 43.0 Å². The van der Waals surface area contributed by atoms with Crippen molar-refractivity contribution in [2.45, 2.75) is 37.9 Å². The second-order valence-electron chi connectivity index (χ2n) is 8.50. The van der Waals surface area contributed by atoms with Crippen molar-refractivity contribution in [3.63, 3.8) is 0 Å². The minimum Gasteiger partial charge on any atom is -0.338 e. The number of piperazine rings is 1. The van der Waals surface area contributed by atoms with Crippen LogP contribution in [0.4, 0.5) is 4.39 Å². The first kappa shape index (κ1) is 18.8. The fourth-order valence-corrected chi connectivity index (χ4v) is 5.29. The number of carbonyl (C=O) groups is 1. The van der Waals surface area contributed by atoms with Gasteiger partial charge >= 0.3 is 0 Å². The smallest absolute Gasteiger partial charge is 0.240 e.